The molecule has 108 valence electrons. The summed E-state index contributed by atoms with van der Waals surface area (Å²) in [4.78, 5) is 16.3. The van der Waals surface area contributed by atoms with Crippen molar-refractivity contribution >= 4 is 5.91 Å². The molecule has 1 unspecified atom stereocenters. The van der Waals surface area contributed by atoms with Crippen molar-refractivity contribution in [3.05, 3.63) is 34.9 Å². The van der Waals surface area contributed by atoms with E-state index in [4.69, 9.17) is 5.73 Å². The molecule has 1 aromatic rings. The Labute approximate surface area is 120 Å². The van der Waals surface area contributed by atoms with Crippen LogP contribution in [0.1, 0.15) is 40.4 Å². The summed E-state index contributed by atoms with van der Waals surface area (Å²) in [5.74, 6) is -0.325. The molecular formula is C16H23N3O. The molecule has 0 radical (unpaired) electrons. The van der Waals surface area contributed by atoms with Crippen LogP contribution in [0.2, 0.25) is 0 Å². The van der Waals surface area contributed by atoms with Gasteiger partial charge in [0.1, 0.15) is 0 Å². The van der Waals surface area contributed by atoms with Gasteiger partial charge in [0.25, 0.3) is 0 Å². The zero-order valence-corrected chi connectivity index (χ0v) is 12.1. The van der Waals surface area contributed by atoms with Crippen LogP contribution in [0.4, 0.5) is 0 Å². The third kappa shape index (κ3) is 2.58. The molecule has 4 nitrogen and oxygen atoms in total. The van der Waals surface area contributed by atoms with E-state index in [1.165, 1.54) is 24.0 Å². The molecule has 1 amide bonds. The number of carbonyl (C=O) groups excluding carboxylic acids is 1. The highest BCUT2D eigenvalue weighted by Gasteiger charge is 2.28. The predicted molar refractivity (Wildman–Crippen MR) is 79.7 cm³/mol. The molecule has 0 saturated carbocycles. The second kappa shape index (κ2) is 5.54. The number of nitrogens with two attached hydrogens (primary N) is 1. The first-order valence-corrected chi connectivity index (χ1v) is 7.50. The first-order valence-electron chi connectivity index (χ1n) is 7.50. The number of amides is 1. The van der Waals surface area contributed by atoms with Gasteiger partial charge in [-0.25, -0.2) is 0 Å². The van der Waals surface area contributed by atoms with Crippen LogP contribution in [0, 0.1) is 0 Å². The summed E-state index contributed by atoms with van der Waals surface area (Å²) >= 11 is 0. The summed E-state index contributed by atoms with van der Waals surface area (Å²) in [5.41, 5.74) is 8.75. The normalized spacial score (nSPS) is 24.4. The number of rotatable bonds is 2. The molecule has 0 aromatic heterocycles. The van der Waals surface area contributed by atoms with E-state index in [0.29, 0.717) is 11.6 Å². The van der Waals surface area contributed by atoms with Crippen molar-refractivity contribution in [3.8, 4) is 0 Å². The van der Waals surface area contributed by atoms with Crippen LogP contribution < -0.4 is 5.73 Å². The minimum Gasteiger partial charge on any atom is -0.366 e. The second-order valence-corrected chi connectivity index (χ2v) is 6.03. The average molecular weight is 273 g/mol. The second-order valence-electron chi connectivity index (χ2n) is 6.03. The van der Waals surface area contributed by atoms with Gasteiger partial charge in [0.2, 0.25) is 5.91 Å². The van der Waals surface area contributed by atoms with Crippen LogP contribution >= 0.6 is 0 Å². The highest BCUT2D eigenvalue weighted by molar-refractivity contribution is 5.93. The van der Waals surface area contributed by atoms with Crippen LogP contribution in [0.5, 0.6) is 0 Å². The Morgan fingerprint density at radius 1 is 1.25 bits per heavy atom. The van der Waals surface area contributed by atoms with Gasteiger partial charge < -0.3 is 10.6 Å². The fourth-order valence-corrected chi connectivity index (χ4v) is 3.45. The molecule has 1 aliphatic heterocycles. The third-order valence-corrected chi connectivity index (χ3v) is 4.69. The molecule has 1 aliphatic carbocycles. The molecule has 1 aromatic carbocycles. The maximum Gasteiger partial charge on any atom is 0.248 e. The maximum absolute atomic E-state index is 11.3. The lowest BCUT2D eigenvalue weighted by atomic mass is 9.85. The zero-order valence-electron chi connectivity index (χ0n) is 12.1. The highest BCUT2D eigenvalue weighted by Crippen LogP contribution is 2.35. The summed E-state index contributed by atoms with van der Waals surface area (Å²) in [6, 6.07) is 6.53. The van der Waals surface area contributed by atoms with E-state index in [-0.39, 0.29) is 5.91 Å². The first-order chi connectivity index (χ1) is 9.65. The van der Waals surface area contributed by atoms with Crippen molar-refractivity contribution in [2.75, 3.05) is 33.2 Å². The summed E-state index contributed by atoms with van der Waals surface area (Å²) in [6.45, 7) is 4.56. The molecule has 2 N–H and O–H groups in total. The van der Waals surface area contributed by atoms with Crippen LogP contribution in [0.15, 0.2) is 18.2 Å². The first kappa shape index (κ1) is 13.6. The van der Waals surface area contributed by atoms with E-state index in [1.807, 2.05) is 12.1 Å². The molecule has 1 fully saturated rings. The number of hydrogen-bond donors (Lipinski definition) is 1. The minimum atomic E-state index is -0.325. The van der Waals surface area contributed by atoms with Gasteiger partial charge in [0.05, 0.1) is 0 Å². The Morgan fingerprint density at radius 2 is 2.00 bits per heavy atom. The largest absolute Gasteiger partial charge is 0.366 e. The molecule has 1 atom stereocenters. The van der Waals surface area contributed by atoms with Gasteiger partial charge in [0, 0.05) is 37.8 Å². The monoisotopic (exact) mass is 273 g/mol. The molecule has 3 rings (SSSR count). The fraction of sp³-hybridized carbons (Fsp3) is 0.562. The number of hydrogen-bond acceptors (Lipinski definition) is 3. The van der Waals surface area contributed by atoms with E-state index in [2.05, 4.69) is 22.9 Å². The number of benzene rings is 1. The Morgan fingerprint density at radius 3 is 2.70 bits per heavy atom. The van der Waals surface area contributed by atoms with Crippen molar-refractivity contribution in [1.82, 2.24) is 9.80 Å². The molecular weight excluding hydrogens is 250 g/mol. The number of likely N-dealkylation sites (N-methyl/N-ethyl adjacent to an activating group) is 1. The number of piperazine rings is 1. The minimum absolute atomic E-state index is 0.325. The van der Waals surface area contributed by atoms with E-state index in [0.717, 1.165) is 32.6 Å². The zero-order chi connectivity index (χ0) is 14.1. The predicted octanol–water partition coefficient (Wildman–Crippen LogP) is 1.41. The summed E-state index contributed by atoms with van der Waals surface area (Å²) in [6.07, 6.45) is 3.50. The van der Waals surface area contributed by atoms with E-state index < -0.39 is 0 Å². The smallest absolute Gasteiger partial charge is 0.248 e. The molecule has 20 heavy (non-hydrogen) atoms. The Balaban J connectivity index is 1.84. The summed E-state index contributed by atoms with van der Waals surface area (Å²) in [7, 11) is 2.19. The van der Waals surface area contributed by atoms with E-state index >= 15 is 0 Å². The van der Waals surface area contributed by atoms with Crippen molar-refractivity contribution < 1.29 is 4.79 Å². The lowest BCUT2D eigenvalue weighted by Gasteiger charge is -2.40. The van der Waals surface area contributed by atoms with Gasteiger partial charge in [-0.2, -0.15) is 0 Å². The molecule has 1 saturated heterocycles. The van der Waals surface area contributed by atoms with Crippen LogP contribution in [0.3, 0.4) is 0 Å². The Hall–Kier alpha value is -1.39. The van der Waals surface area contributed by atoms with Crippen LogP contribution in [0.25, 0.3) is 0 Å². The van der Waals surface area contributed by atoms with Crippen LogP contribution in [-0.2, 0) is 6.42 Å². The average Bonchev–Trinajstić information content (AvgIpc) is 2.47. The van der Waals surface area contributed by atoms with E-state index in [1.54, 1.807) is 0 Å². The third-order valence-electron chi connectivity index (χ3n) is 4.69. The van der Waals surface area contributed by atoms with Gasteiger partial charge in [-0.15, -0.1) is 0 Å². The SMILES string of the molecule is CN1CCN(C2CCCc3cc(C(N)=O)ccc32)CC1. The number of fused-ring (bicyclic) bond motifs is 1. The molecule has 2 aliphatic rings. The number of primary amides is 1. The van der Waals surface area contributed by atoms with Crippen molar-refractivity contribution in [3.63, 3.8) is 0 Å². The van der Waals surface area contributed by atoms with E-state index in [9.17, 15) is 4.79 Å². The van der Waals surface area contributed by atoms with Crippen molar-refractivity contribution in [2.45, 2.75) is 25.3 Å². The molecule has 1 heterocycles. The topological polar surface area (TPSA) is 49.6 Å². The highest BCUT2D eigenvalue weighted by atomic mass is 16.1. The number of aryl methyl sites for hydroxylation is 1. The Bertz CT molecular complexity index is 506. The van der Waals surface area contributed by atoms with Gasteiger partial charge in [-0.3, -0.25) is 9.69 Å². The van der Waals surface area contributed by atoms with Gasteiger partial charge >= 0.3 is 0 Å². The molecule has 0 spiro atoms. The number of nitrogens with zero attached hydrogens (tertiary/aromatic N) is 2. The van der Waals surface area contributed by atoms with Crippen molar-refractivity contribution in [1.29, 1.82) is 0 Å². The van der Waals surface area contributed by atoms with Crippen LogP contribution in [-0.4, -0.2) is 48.9 Å². The van der Waals surface area contributed by atoms with Gasteiger partial charge in [-0.05, 0) is 49.6 Å². The van der Waals surface area contributed by atoms with Gasteiger partial charge in [0.15, 0.2) is 0 Å². The lowest BCUT2D eigenvalue weighted by molar-refractivity contribution is 0.0996. The molecule has 4 heteroatoms. The summed E-state index contributed by atoms with van der Waals surface area (Å²) in [5, 5.41) is 0. The maximum atomic E-state index is 11.3. The summed E-state index contributed by atoms with van der Waals surface area (Å²) < 4.78 is 0. The number of carbonyl (C=O) groups is 1. The van der Waals surface area contributed by atoms with Gasteiger partial charge in [-0.1, -0.05) is 6.07 Å². The standard InChI is InChI=1S/C16H23N3O/c1-18-7-9-19(10-8-18)15-4-2-3-12-11-13(16(17)20)5-6-14(12)15/h5-6,11,15H,2-4,7-10H2,1H3,(H2,17,20). The van der Waals surface area contributed by atoms with Crippen molar-refractivity contribution in [2.24, 2.45) is 5.73 Å². The quantitative estimate of drug-likeness (QED) is 0.886. The Kier molecular flexibility index (Phi) is 3.76. The fourth-order valence-electron chi connectivity index (χ4n) is 3.45. The lowest BCUT2D eigenvalue weighted by Crippen LogP contribution is -2.46. The molecule has 0 bridgehead atoms.